The molecule has 1 fully saturated rings. The predicted molar refractivity (Wildman–Crippen MR) is 98.7 cm³/mol. The van der Waals surface area contributed by atoms with Crippen LogP contribution in [0.2, 0.25) is 0 Å². The maximum atomic E-state index is 13.4. The fourth-order valence-corrected chi connectivity index (χ4v) is 3.63. The number of hydrogen-bond acceptors (Lipinski definition) is 3. The van der Waals surface area contributed by atoms with Crippen LogP contribution in [-0.4, -0.2) is 47.2 Å². The average molecular weight is 360 g/mol. The molecule has 1 heterocycles. The van der Waals surface area contributed by atoms with Crippen molar-refractivity contribution in [3.05, 3.63) is 70.8 Å². The zero-order chi connectivity index (χ0) is 18.5. The van der Waals surface area contributed by atoms with Crippen LogP contribution < -0.4 is 0 Å². The first-order chi connectivity index (χ1) is 12.6. The van der Waals surface area contributed by atoms with Crippen LogP contribution in [0.4, 0.5) is 8.78 Å². The summed E-state index contributed by atoms with van der Waals surface area (Å²) in [6, 6.07) is 12.7. The summed E-state index contributed by atoms with van der Waals surface area (Å²) in [5.74, 6) is -1.61. The van der Waals surface area contributed by atoms with Gasteiger partial charge in [-0.15, -0.1) is 0 Å². The number of aliphatic hydroxyl groups excluding tert-OH is 1. The van der Waals surface area contributed by atoms with Gasteiger partial charge < -0.3 is 5.11 Å². The summed E-state index contributed by atoms with van der Waals surface area (Å²) in [7, 11) is 0. The number of rotatable bonds is 6. The minimum atomic E-state index is -0.810. The van der Waals surface area contributed by atoms with E-state index in [0.717, 1.165) is 31.7 Å². The summed E-state index contributed by atoms with van der Waals surface area (Å²) in [5, 5.41) is 9.46. The highest BCUT2D eigenvalue weighted by Crippen LogP contribution is 2.20. The molecule has 3 nitrogen and oxygen atoms in total. The molecule has 0 aromatic heterocycles. The van der Waals surface area contributed by atoms with E-state index in [9.17, 15) is 13.9 Å². The molecule has 1 aliphatic rings. The Kier molecular flexibility index (Phi) is 6.35. The fraction of sp³-hybridized carbons (Fsp3) is 0.429. The highest BCUT2D eigenvalue weighted by Gasteiger charge is 2.27. The van der Waals surface area contributed by atoms with Crippen molar-refractivity contribution in [3.8, 4) is 0 Å². The van der Waals surface area contributed by atoms with Crippen LogP contribution in [0.5, 0.6) is 0 Å². The van der Waals surface area contributed by atoms with Crippen LogP contribution in [0.25, 0.3) is 0 Å². The third-order valence-corrected chi connectivity index (χ3v) is 5.18. The van der Waals surface area contributed by atoms with Gasteiger partial charge in [-0.25, -0.2) is 8.78 Å². The van der Waals surface area contributed by atoms with E-state index in [4.69, 9.17) is 0 Å². The van der Waals surface area contributed by atoms with E-state index in [1.807, 2.05) is 6.07 Å². The van der Waals surface area contributed by atoms with E-state index in [1.165, 1.54) is 23.3 Å². The molecule has 2 aromatic carbocycles. The molecule has 3 rings (SSSR count). The van der Waals surface area contributed by atoms with Crippen LogP contribution in [0.15, 0.2) is 42.5 Å². The molecule has 1 atom stereocenters. The Morgan fingerprint density at radius 1 is 1.04 bits per heavy atom. The molecule has 0 saturated carbocycles. The first kappa shape index (κ1) is 19.0. The van der Waals surface area contributed by atoms with Gasteiger partial charge in [0, 0.05) is 45.4 Å². The highest BCUT2D eigenvalue weighted by atomic mass is 19.2. The quantitative estimate of drug-likeness (QED) is 0.856. The third-order valence-electron chi connectivity index (χ3n) is 5.18. The SMILES string of the molecule is Cc1ccccc1CN1CCN(Cc2ccc(F)c(F)c2)CC1CCO. The molecule has 5 heteroatoms. The number of aryl methyl sites for hydroxylation is 1. The summed E-state index contributed by atoms with van der Waals surface area (Å²) in [6.07, 6.45) is 0.708. The van der Waals surface area contributed by atoms with E-state index < -0.39 is 11.6 Å². The molecule has 0 spiro atoms. The number of aliphatic hydroxyl groups is 1. The number of benzene rings is 2. The Bertz CT molecular complexity index is 738. The summed E-state index contributed by atoms with van der Waals surface area (Å²) in [4.78, 5) is 4.67. The van der Waals surface area contributed by atoms with Crippen molar-refractivity contribution >= 4 is 0 Å². The van der Waals surface area contributed by atoms with Gasteiger partial charge in [-0.05, 0) is 42.2 Å². The van der Waals surface area contributed by atoms with Gasteiger partial charge in [0.15, 0.2) is 11.6 Å². The largest absolute Gasteiger partial charge is 0.396 e. The molecule has 1 aliphatic heterocycles. The molecule has 1 unspecified atom stereocenters. The molecule has 0 radical (unpaired) electrons. The molecule has 26 heavy (non-hydrogen) atoms. The zero-order valence-corrected chi connectivity index (χ0v) is 15.2. The van der Waals surface area contributed by atoms with Gasteiger partial charge in [0.2, 0.25) is 0 Å². The summed E-state index contributed by atoms with van der Waals surface area (Å²) >= 11 is 0. The predicted octanol–water partition coefficient (Wildman–Crippen LogP) is 3.34. The maximum absolute atomic E-state index is 13.4. The van der Waals surface area contributed by atoms with Crippen molar-refractivity contribution in [3.63, 3.8) is 0 Å². The van der Waals surface area contributed by atoms with Crippen molar-refractivity contribution < 1.29 is 13.9 Å². The lowest BCUT2D eigenvalue weighted by molar-refractivity contribution is 0.0498. The second-order valence-electron chi connectivity index (χ2n) is 7.05. The fourth-order valence-electron chi connectivity index (χ4n) is 3.63. The van der Waals surface area contributed by atoms with E-state index in [-0.39, 0.29) is 12.6 Å². The molecule has 1 saturated heterocycles. The van der Waals surface area contributed by atoms with Crippen molar-refractivity contribution in [1.29, 1.82) is 0 Å². The van der Waals surface area contributed by atoms with Crippen molar-refractivity contribution in [2.24, 2.45) is 0 Å². The van der Waals surface area contributed by atoms with E-state index in [0.29, 0.717) is 13.0 Å². The number of halogens is 2. The second-order valence-corrected chi connectivity index (χ2v) is 7.05. The zero-order valence-electron chi connectivity index (χ0n) is 15.2. The Labute approximate surface area is 153 Å². The van der Waals surface area contributed by atoms with Crippen molar-refractivity contribution in [2.75, 3.05) is 26.2 Å². The minimum absolute atomic E-state index is 0.147. The highest BCUT2D eigenvalue weighted by molar-refractivity contribution is 5.25. The van der Waals surface area contributed by atoms with Crippen LogP contribution in [0.3, 0.4) is 0 Å². The molecule has 140 valence electrons. The van der Waals surface area contributed by atoms with Gasteiger partial charge in [0.1, 0.15) is 0 Å². The second kappa shape index (κ2) is 8.71. The lowest BCUT2D eigenvalue weighted by Crippen LogP contribution is -2.52. The lowest BCUT2D eigenvalue weighted by Gasteiger charge is -2.41. The summed E-state index contributed by atoms with van der Waals surface area (Å²) in [6.45, 7) is 6.30. The standard InChI is InChI=1S/C21H26F2N2O/c1-16-4-2-3-5-18(16)14-25-10-9-24(15-19(25)8-11-26)13-17-6-7-20(22)21(23)12-17/h2-7,12,19,26H,8-11,13-15H2,1H3. The van der Waals surface area contributed by atoms with Gasteiger partial charge >= 0.3 is 0 Å². The normalized spacial score (nSPS) is 19.0. The van der Waals surface area contributed by atoms with Crippen molar-refractivity contribution in [2.45, 2.75) is 32.5 Å². The minimum Gasteiger partial charge on any atom is -0.396 e. The molecule has 0 bridgehead atoms. The Morgan fingerprint density at radius 3 is 2.58 bits per heavy atom. The molecule has 0 aliphatic carbocycles. The van der Waals surface area contributed by atoms with Gasteiger partial charge in [0.05, 0.1) is 0 Å². The van der Waals surface area contributed by atoms with Gasteiger partial charge in [-0.1, -0.05) is 30.3 Å². The number of hydrogen-bond donors (Lipinski definition) is 1. The monoisotopic (exact) mass is 360 g/mol. The van der Waals surface area contributed by atoms with Crippen molar-refractivity contribution in [1.82, 2.24) is 9.80 Å². The molecule has 0 amide bonds. The van der Waals surface area contributed by atoms with Gasteiger partial charge in [-0.3, -0.25) is 9.80 Å². The van der Waals surface area contributed by atoms with E-state index in [1.54, 1.807) is 6.07 Å². The van der Waals surface area contributed by atoms with Crippen LogP contribution >= 0.6 is 0 Å². The van der Waals surface area contributed by atoms with Crippen LogP contribution in [0.1, 0.15) is 23.1 Å². The third kappa shape index (κ3) is 4.67. The summed E-state index contributed by atoms with van der Waals surface area (Å²) in [5.41, 5.74) is 3.36. The van der Waals surface area contributed by atoms with Crippen LogP contribution in [0, 0.1) is 18.6 Å². The lowest BCUT2D eigenvalue weighted by atomic mass is 10.0. The first-order valence-electron chi connectivity index (χ1n) is 9.12. The van der Waals surface area contributed by atoms with Crippen LogP contribution in [-0.2, 0) is 13.1 Å². The molecule has 2 aromatic rings. The van der Waals surface area contributed by atoms with E-state index in [2.05, 4.69) is 34.9 Å². The average Bonchev–Trinajstić information content (AvgIpc) is 2.62. The smallest absolute Gasteiger partial charge is 0.159 e. The number of piperazine rings is 1. The first-order valence-corrected chi connectivity index (χ1v) is 9.12. The Hall–Kier alpha value is -1.82. The Balaban J connectivity index is 1.65. The maximum Gasteiger partial charge on any atom is 0.159 e. The Morgan fingerprint density at radius 2 is 1.85 bits per heavy atom. The molecular weight excluding hydrogens is 334 g/mol. The van der Waals surface area contributed by atoms with Gasteiger partial charge in [0.25, 0.3) is 0 Å². The molecule has 1 N–H and O–H groups in total. The number of nitrogens with zero attached hydrogens (tertiary/aromatic N) is 2. The van der Waals surface area contributed by atoms with Gasteiger partial charge in [-0.2, -0.15) is 0 Å². The summed E-state index contributed by atoms with van der Waals surface area (Å²) < 4.78 is 26.5. The topological polar surface area (TPSA) is 26.7 Å². The molecular formula is C21H26F2N2O. The van der Waals surface area contributed by atoms with E-state index >= 15 is 0 Å².